The maximum Gasteiger partial charge on any atom is 0.123 e. The molecule has 2 aromatic rings. The molecule has 112 valence electrons. The van der Waals surface area contributed by atoms with E-state index in [9.17, 15) is 4.39 Å². The van der Waals surface area contributed by atoms with Gasteiger partial charge in [-0.05, 0) is 48.6 Å². The van der Waals surface area contributed by atoms with Gasteiger partial charge in [-0.3, -0.25) is 4.98 Å². The first-order chi connectivity index (χ1) is 10.1. The molecule has 1 aliphatic rings. The molecule has 1 aliphatic carbocycles. The Bertz CT molecular complexity index is 630. The molecule has 21 heavy (non-hydrogen) atoms. The fourth-order valence-electron chi connectivity index (χ4n) is 3.12. The van der Waals surface area contributed by atoms with Gasteiger partial charge < -0.3 is 5.32 Å². The number of aromatic nitrogens is 1. The highest BCUT2D eigenvalue weighted by atomic mass is 19.1. The van der Waals surface area contributed by atoms with Crippen molar-refractivity contribution in [1.29, 1.82) is 0 Å². The number of hydrogen-bond donors (Lipinski definition) is 1. The molecule has 1 saturated carbocycles. The monoisotopic (exact) mass is 286 g/mol. The number of rotatable bonds is 4. The van der Waals surface area contributed by atoms with E-state index < -0.39 is 0 Å². The number of nitrogens with zero attached hydrogens (tertiary/aromatic N) is 1. The molecule has 3 rings (SSSR count). The molecule has 0 atom stereocenters. The van der Waals surface area contributed by atoms with Crippen molar-refractivity contribution in [3.8, 4) is 0 Å². The average molecular weight is 286 g/mol. The summed E-state index contributed by atoms with van der Waals surface area (Å²) in [6, 6.07) is 7.64. The Balaban J connectivity index is 1.94. The van der Waals surface area contributed by atoms with E-state index in [1.165, 1.54) is 31.7 Å². The predicted molar refractivity (Wildman–Crippen MR) is 84.9 cm³/mol. The summed E-state index contributed by atoms with van der Waals surface area (Å²) in [5, 5.41) is 4.56. The molecule has 0 bridgehead atoms. The Labute approximate surface area is 125 Å². The summed E-state index contributed by atoms with van der Waals surface area (Å²) in [6.07, 6.45) is 5.16. The third-order valence-corrected chi connectivity index (χ3v) is 4.40. The number of benzene rings is 1. The molecule has 0 spiro atoms. The zero-order valence-corrected chi connectivity index (χ0v) is 12.8. The van der Waals surface area contributed by atoms with Crippen LogP contribution in [0.2, 0.25) is 0 Å². The second-order valence-electron chi connectivity index (χ2n) is 6.38. The highest BCUT2D eigenvalue weighted by Crippen LogP contribution is 2.24. The maximum atomic E-state index is 13.6. The third kappa shape index (κ3) is 3.24. The van der Waals surface area contributed by atoms with E-state index >= 15 is 0 Å². The SMILES string of the molecule is CC(C)c1cc(CNC2CCCC2)c2cc(F)ccc2n1. The molecular formula is C18H23FN2. The van der Waals surface area contributed by atoms with Crippen LogP contribution in [-0.2, 0) is 6.54 Å². The summed E-state index contributed by atoms with van der Waals surface area (Å²) >= 11 is 0. The van der Waals surface area contributed by atoms with Crippen LogP contribution in [0.4, 0.5) is 4.39 Å². The average Bonchev–Trinajstić information content (AvgIpc) is 2.97. The van der Waals surface area contributed by atoms with Gasteiger partial charge in [-0.1, -0.05) is 26.7 Å². The lowest BCUT2D eigenvalue weighted by Gasteiger charge is -2.15. The highest BCUT2D eigenvalue weighted by Gasteiger charge is 2.15. The van der Waals surface area contributed by atoms with E-state index in [0.29, 0.717) is 12.0 Å². The van der Waals surface area contributed by atoms with Gasteiger partial charge in [-0.25, -0.2) is 4.39 Å². The van der Waals surface area contributed by atoms with E-state index in [1.54, 1.807) is 12.1 Å². The van der Waals surface area contributed by atoms with E-state index in [1.807, 2.05) is 0 Å². The number of hydrogen-bond acceptors (Lipinski definition) is 2. The van der Waals surface area contributed by atoms with Gasteiger partial charge in [-0.15, -0.1) is 0 Å². The Hall–Kier alpha value is -1.48. The minimum Gasteiger partial charge on any atom is -0.310 e. The molecule has 0 saturated heterocycles. The molecule has 1 aromatic carbocycles. The molecule has 1 aromatic heterocycles. The fraction of sp³-hybridized carbons (Fsp3) is 0.500. The molecule has 1 heterocycles. The molecular weight excluding hydrogens is 263 g/mol. The van der Waals surface area contributed by atoms with Crippen LogP contribution in [0.5, 0.6) is 0 Å². The normalized spacial score (nSPS) is 16.2. The summed E-state index contributed by atoms with van der Waals surface area (Å²) < 4.78 is 13.6. The first-order valence-electron chi connectivity index (χ1n) is 7.96. The smallest absolute Gasteiger partial charge is 0.123 e. The maximum absolute atomic E-state index is 13.6. The summed E-state index contributed by atoms with van der Waals surface area (Å²) in [7, 11) is 0. The van der Waals surface area contributed by atoms with Crippen molar-refractivity contribution >= 4 is 10.9 Å². The Morgan fingerprint density at radius 1 is 1.24 bits per heavy atom. The van der Waals surface area contributed by atoms with Crippen LogP contribution in [0.15, 0.2) is 24.3 Å². The van der Waals surface area contributed by atoms with Crippen molar-refractivity contribution < 1.29 is 4.39 Å². The van der Waals surface area contributed by atoms with E-state index in [-0.39, 0.29) is 5.82 Å². The van der Waals surface area contributed by atoms with Crippen LogP contribution < -0.4 is 5.32 Å². The van der Waals surface area contributed by atoms with Gasteiger partial charge in [0.1, 0.15) is 5.82 Å². The van der Waals surface area contributed by atoms with Crippen molar-refractivity contribution in [3.63, 3.8) is 0 Å². The van der Waals surface area contributed by atoms with E-state index in [0.717, 1.165) is 28.7 Å². The lowest BCUT2D eigenvalue weighted by Crippen LogP contribution is -2.25. The topological polar surface area (TPSA) is 24.9 Å². The van der Waals surface area contributed by atoms with Crippen molar-refractivity contribution in [3.05, 3.63) is 41.3 Å². The summed E-state index contributed by atoms with van der Waals surface area (Å²) in [4.78, 5) is 4.66. The second kappa shape index (κ2) is 6.10. The van der Waals surface area contributed by atoms with Gasteiger partial charge in [-0.2, -0.15) is 0 Å². The van der Waals surface area contributed by atoms with Crippen molar-refractivity contribution in [2.75, 3.05) is 0 Å². The first kappa shape index (κ1) is 14.5. The summed E-state index contributed by atoms with van der Waals surface area (Å²) in [6.45, 7) is 5.09. The number of halogens is 1. The molecule has 0 radical (unpaired) electrons. The molecule has 2 nitrogen and oxygen atoms in total. The van der Waals surface area contributed by atoms with Gasteiger partial charge in [0.15, 0.2) is 0 Å². The van der Waals surface area contributed by atoms with Crippen LogP contribution in [0, 0.1) is 5.82 Å². The van der Waals surface area contributed by atoms with E-state index in [4.69, 9.17) is 0 Å². The Morgan fingerprint density at radius 2 is 2.00 bits per heavy atom. The molecule has 1 N–H and O–H groups in total. The Morgan fingerprint density at radius 3 is 2.71 bits per heavy atom. The molecule has 0 unspecified atom stereocenters. The van der Waals surface area contributed by atoms with Crippen molar-refractivity contribution in [1.82, 2.24) is 10.3 Å². The van der Waals surface area contributed by atoms with Crippen molar-refractivity contribution in [2.24, 2.45) is 0 Å². The lowest BCUT2D eigenvalue weighted by molar-refractivity contribution is 0.525. The van der Waals surface area contributed by atoms with Crippen LogP contribution in [0.3, 0.4) is 0 Å². The molecule has 0 aliphatic heterocycles. The van der Waals surface area contributed by atoms with Crippen LogP contribution in [0.25, 0.3) is 10.9 Å². The summed E-state index contributed by atoms with van der Waals surface area (Å²) in [5.41, 5.74) is 3.14. The standard InChI is InChI=1S/C18H23FN2/c1-12(2)18-9-13(11-20-15-5-3-4-6-15)16-10-14(19)7-8-17(16)21-18/h7-10,12,15,20H,3-6,11H2,1-2H3. The number of nitrogens with one attached hydrogen (secondary N) is 1. The van der Waals surface area contributed by atoms with Crippen LogP contribution in [0.1, 0.15) is 56.7 Å². The molecule has 0 amide bonds. The lowest BCUT2D eigenvalue weighted by atomic mass is 10.0. The van der Waals surface area contributed by atoms with E-state index in [2.05, 4.69) is 30.2 Å². The second-order valence-corrected chi connectivity index (χ2v) is 6.38. The zero-order chi connectivity index (χ0) is 14.8. The minimum absolute atomic E-state index is 0.191. The number of pyridine rings is 1. The first-order valence-corrected chi connectivity index (χ1v) is 7.96. The number of fused-ring (bicyclic) bond motifs is 1. The quantitative estimate of drug-likeness (QED) is 0.893. The zero-order valence-electron chi connectivity index (χ0n) is 12.8. The predicted octanol–water partition coefficient (Wildman–Crippen LogP) is 4.53. The van der Waals surface area contributed by atoms with Crippen LogP contribution >= 0.6 is 0 Å². The highest BCUT2D eigenvalue weighted by molar-refractivity contribution is 5.82. The minimum atomic E-state index is -0.191. The largest absolute Gasteiger partial charge is 0.310 e. The van der Waals surface area contributed by atoms with Gasteiger partial charge in [0.2, 0.25) is 0 Å². The molecule has 1 fully saturated rings. The van der Waals surface area contributed by atoms with Gasteiger partial charge in [0.25, 0.3) is 0 Å². The van der Waals surface area contributed by atoms with Gasteiger partial charge in [0.05, 0.1) is 5.52 Å². The van der Waals surface area contributed by atoms with Gasteiger partial charge in [0, 0.05) is 23.7 Å². The van der Waals surface area contributed by atoms with Crippen LogP contribution in [-0.4, -0.2) is 11.0 Å². The summed E-state index contributed by atoms with van der Waals surface area (Å²) in [5.74, 6) is 0.188. The Kier molecular flexibility index (Phi) is 4.20. The van der Waals surface area contributed by atoms with Gasteiger partial charge >= 0.3 is 0 Å². The molecule has 3 heteroatoms. The van der Waals surface area contributed by atoms with Crippen molar-refractivity contribution in [2.45, 2.75) is 58.0 Å². The fourth-order valence-corrected chi connectivity index (χ4v) is 3.12. The third-order valence-electron chi connectivity index (χ3n) is 4.40.